The largest absolute Gasteiger partial charge is 0.250 e. The zero-order valence-electron chi connectivity index (χ0n) is 7.05. The number of rotatable bonds is 2. The molecule has 0 aliphatic rings. The van der Waals surface area contributed by atoms with Crippen molar-refractivity contribution in [3.05, 3.63) is 11.3 Å². The minimum Gasteiger partial charge on any atom is -0.250 e. The van der Waals surface area contributed by atoms with E-state index < -0.39 is 0 Å². The van der Waals surface area contributed by atoms with E-state index >= 15 is 0 Å². The van der Waals surface area contributed by atoms with Crippen molar-refractivity contribution in [2.75, 3.05) is 0 Å². The van der Waals surface area contributed by atoms with Gasteiger partial charge in [-0.05, 0) is 27.7 Å². The lowest BCUT2D eigenvalue weighted by atomic mass is 10.3. The molecule has 56 valence electrons. The van der Waals surface area contributed by atoms with Crippen LogP contribution < -0.4 is 0 Å². The van der Waals surface area contributed by atoms with Crippen LogP contribution in [0.2, 0.25) is 0 Å². The van der Waals surface area contributed by atoms with Gasteiger partial charge in [0.2, 0.25) is 0 Å². The van der Waals surface area contributed by atoms with E-state index in [1.54, 1.807) is 12.6 Å². The highest BCUT2D eigenvalue weighted by Gasteiger charge is 1.83. The second-order valence-electron chi connectivity index (χ2n) is 2.24. The molecule has 0 spiro atoms. The second-order valence-corrected chi connectivity index (χ2v) is 2.24. The Bertz CT molecular complexity index is 172. The SMILES string of the molecule is CC=NC=NC(C)=C(C)C. The minimum absolute atomic E-state index is 1.03. The fourth-order valence-electron chi connectivity index (χ4n) is 0.316. The first kappa shape index (κ1) is 9.08. The Labute approximate surface area is 62.4 Å². The molecule has 0 aliphatic heterocycles. The molecule has 0 saturated carbocycles. The van der Waals surface area contributed by atoms with Crippen molar-refractivity contribution in [2.45, 2.75) is 27.7 Å². The Hall–Kier alpha value is -0.920. The van der Waals surface area contributed by atoms with Crippen LogP contribution in [0, 0.1) is 0 Å². The van der Waals surface area contributed by atoms with Crippen LogP contribution in [0.15, 0.2) is 21.3 Å². The van der Waals surface area contributed by atoms with E-state index in [4.69, 9.17) is 0 Å². The van der Waals surface area contributed by atoms with Gasteiger partial charge in [0.05, 0.1) is 0 Å². The average Bonchev–Trinajstić information content (AvgIpc) is 1.88. The second kappa shape index (κ2) is 4.91. The number of aliphatic imine (C=N–C) groups is 2. The third-order valence-corrected chi connectivity index (χ3v) is 1.19. The van der Waals surface area contributed by atoms with Crippen LogP contribution in [-0.2, 0) is 0 Å². The summed E-state index contributed by atoms with van der Waals surface area (Å²) in [5, 5.41) is 0. The monoisotopic (exact) mass is 138 g/mol. The molecular formula is C8H14N2. The van der Waals surface area contributed by atoms with E-state index in [1.165, 1.54) is 5.57 Å². The first-order chi connectivity index (χ1) is 4.68. The van der Waals surface area contributed by atoms with Crippen LogP contribution in [0.1, 0.15) is 27.7 Å². The molecule has 0 rings (SSSR count). The Kier molecular flexibility index (Phi) is 4.46. The van der Waals surface area contributed by atoms with Gasteiger partial charge in [0, 0.05) is 11.9 Å². The van der Waals surface area contributed by atoms with Gasteiger partial charge in [-0.25, -0.2) is 9.98 Å². The van der Waals surface area contributed by atoms with E-state index in [2.05, 4.69) is 9.98 Å². The van der Waals surface area contributed by atoms with E-state index in [9.17, 15) is 0 Å². The first-order valence-corrected chi connectivity index (χ1v) is 3.33. The first-order valence-electron chi connectivity index (χ1n) is 3.33. The highest BCUT2D eigenvalue weighted by Crippen LogP contribution is 2.01. The molecule has 0 amide bonds. The van der Waals surface area contributed by atoms with Gasteiger partial charge in [-0.2, -0.15) is 0 Å². The van der Waals surface area contributed by atoms with Gasteiger partial charge >= 0.3 is 0 Å². The van der Waals surface area contributed by atoms with Gasteiger partial charge in [0.25, 0.3) is 0 Å². The van der Waals surface area contributed by atoms with Crippen molar-refractivity contribution in [1.82, 2.24) is 0 Å². The van der Waals surface area contributed by atoms with E-state index in [1.807, 2.05) is 27.7 Å². The van der Waals surface area contributed by atoms with Crippen LogP contribution >= 0.6 is 0 Å². The van der Waals surface area contributed by atoms with Crippen molar-refractivity contribution in [2.24, 2.45) is 9.98 Å². The van der Waals surface area contributed by atoms with Crippen LogP contribution in [0.3, 0.4) is 0 Å². The molecule has 0 radical (unpaired) electrons. The maximum absolute atomic E-state index is 4.07. The molecule has 0 aromatic carbocycles. The Morgan fingerprint density at radius 3 is 2.20 bits per heavy atom. The normalized spacial score (nSPS) is 11.2. The third-order valence-electron chi connectivity index (χ3n) is 1.19. The zero-order valence-corrected chi connectivity index (χ0v) is 7.05. The summed E-state index contributed by atoms with van der Waals surface area (Å²) in [6, 6.07) is 0. The molecular weight excluding hydrogens is 124 g/mol. The van der Waals surface area contributed by atoms with Crippen LogP contribution in [0.5, 0.6) is 0 Å². The van der Waals surface area contributed by atoms with Crippen LogP contribution in [-0.4, -0.2) is 12.6 Å². The summed E-state index contributed by atoms with van der Waals surface area (Å²) in [4.78, 5) is 7.91. The molecule has 0 aliphatic carbocycles. The van der Waals surface area contributed by atoms with Gasteiger partial charge in [-0.1, -0.05) is 5.57 Å². The van der Waals surface area contributed by atoms with Crippen LogP contribution in [0.25, 0.3) is 0 Å². The Morgan fingerprint density at radius 1 is 1.20 bits per heavy atom. The summed E-state index contributed by atoms with van der Waals surface area (Å²) in [6.45, 7) is 7.89. The molecule has 10 heavy (non-hydrogen) atoms. The summed E-state index contributed by atoms with van der Waals surface area (Å²) in [5.74, 6) is 0. The lowest BCUT2D eigenvalue weighted by Gasteiger charge is -1.91. The van der Waals surface area contributed by atoms with Gasteiger partial charge in [0.1, 0.15) is 6.34 Å². The highest BCUT2D eigenvalue weighted by molar-refractivity contribution is 5.71. The molecule has 0 unspecified atom stereocenters. The van der Waals surface area contributed by atoms with Gasteiger partial charge in [-0.15, -0.1) is 0 Å². The summed E-state index contributed by atoms with van der Waals surface area (Å²) < 4.78 is 0. The number of allylic oxidation sites excluding steroid dienone is 2. The zero-order chi connectivity index (χ0) is 7.98. The molecule has 0 atom stereocenters. The topological polar surface area (TPSA) is 24.7 Å². The molecule has 0 heterocycles. The molecule has 2 heteroatoms. The standard InChI is InChI=1S/C8H14N2/c1-5-9-6-10-8(4)7(2)3/h5-6H,1-4H3. The minimum atomic E-state index is 1.03. The number of hydrogen-bond acceptors (Lipinski definition) is 1. The van der Waals surface area contributed by atoms with E-state index in [0.717, 1.165) is 5.70 Å². The Morgan fingerprint density at radius 2 is 1.80 bits per heavy atom. The molecule has 0 aromatic heterocycles. The quantitative estimate of drug-likeness (QED) is 0.413. The van der Waals surface area contributed by atoms with Crippen molar-refractivity contribution in [3.8, 4) is 0 Å². The number of nitrogens with zero attached hydrogens (tertiary/aromatic N) is 2. The molecule has 0 N–H and O–H groups in total. The lowest BCUT2D eigenvalue weighted by Crippen LogP contribution is -1.75. The van der Waals surface area contributed by atoms with Crippen LogP contribution in [0.4, 0.5) is 0 Å². The van der Waals surface area contributed by atoms with Crippen molar-refractivity contribution < 1.29 is 0 Å². The summed E-state index contributed by atoms with van der Waals surface area (Å²) >= 11 is 0. The lowest BCUT2D eigenvalue weighted by molar-refractivity contribution is 1.19. The van der Waals surface area contributed by atoms with Gasteiger partial charge in [-0.3, -0.25) is 0 Å². The molecule has 0 aromatic rings. The van der Waals surface area contributed by atoms with Crippen molar-refractivity contribution >= 4 is 12.6 Å². The highest BCUT2D eigenvalue weighted by atomic mass is 14.8. The van der Waals surface area contributed by atoms with Crippen molar-refractivity contribution in [1.29, 1.82) is 0 Å². The smallest absolute Gasteiger partial charge is 0.115 e. The van der Waals surface area contributed by atoms with Crippen molar-refractivity contribution in [3.63, 3.8) is 0 Å². The fourth-order valence-corrected chi connectivity index (χ4v) is 0.316. The van der Waals surface area contributed by atoms with Gasteiger partial charge < -0.3 is 0 Å². The summed E-state index contributed by atoms with van der Waals surface area (Å²) in [6.07, 6.45) is 3.27. The average molecular weight is 138 g/mol. The maximum atomic E-state index is 4.07. The molecule has 0 saturated heterocycles. The maximum Gasteiger partial charge on any atom is 0.115 e. The molecule has 0 fully saturated rings. The predicted octanol–water partition coefficient (Wildman–Crippen LogP) is 2.42. The predicted molar refractivity (Wildman–Crippen MR) is 46.7 cm³/mol. The van der Waals surface area contributed by atoms with E-state index in [0.29, 0.717) is 0 Å². The molecule has 2 nitrogen and oxygen atoms in total. The number of hydrogen-bond donors (Lipinski definition) is 0. The molecule has 0 bridgehead atoms. The van der Waals surface area contributed by atoms with E-state index in [-0.39, 0.29) is 0 Å². The Balaban J connectivity index is 4.03. The van der Waals surface area contributed by atoms with Gasteiger partial charge in [0.15, 0.2) is 0 Å². The summed E-state index contributed by atoms with van der Waals surface area (Å²) in [5.41, 5.74) is 2.26. The fraction of sp³-hybridized carbons (Fsp3) is 0.500. The summed E-state index contributed by atoms with van der Waals surface area (Å²) in [7, 11) is 0. The third kappa shape index (κ3) is 4.01.